The van der Waals surface area contributed by atoms with Crippen molar-refractivity contribution in [3.05, 3.63) is 18.2 Å². The number of ether oxygens (including phenoxy) is 3. The summed E-state index contributed by atoms with van der Waals surface area (Å²) in [6.07, 6.45) is 0.397. The lowest BCUT2D eigenvalue weighted by molar-refractivity contribution is -0.117. The molecule has 1 aromatic carbocycles. The van der Waals surface area contributed by atoms with E-state index in [0.29, 0.717) is 38.6 Å². The van der Waals surface area contributed by atoms with Crippen molar-refractivity contribution in [2.45, 2.75) is 12.5 Å². The largest absolute Gasteiger partial charge is 0.486 e. The zero-order chi connectivity index (χ0) is 13.8. The summed E-state index contributed by atoms with van der Waals surface area (Å²) in [5.41, 5.74) is 0.718. The summed E-state index contributed by atoms with van der Waals surface area (Å²) in [4.78, 5) is 12.0. The number of fused-ring (bicyclic) bond motifs is 1. The predicted octanol–water partition coefficient (Wildman–Crippen LogP) is 1.20. The first-order valence-corrected chi connectivity index (χ1v) is 6.82. The van der Waals surface area contributed by atoms with Crippen LogP contribution in [0.25, 0.3) is 0 Å². The molecule has 1 unspecified atom stereocenters. The monoisotopic (exact) mass is 314 g/mol. The van der Waals surface area contributed by atoms with Crippen LogP contribution in [0.15, 0.2) is 18.2 Å². The molecular weight excluding hydrogens is 296 g/mol. The third-order valence-electron chi connectivity index (χ3n) is 3.26. The molecule has 2 N–H and O–H groups in total. The molecule has 21 heavy (non-hydrogen) atoms. The number of amides is 1. The van der Waals surface area contributed by atoms with Gasteiger partial charge in [0.2, 0.25) is 5.91 Å². The Balaban J connectivity index is 0.00000161. The molecule has 1 atom stereocenters. The number of carbonyl (C=O) groups is 1. The van der Waals surface area contributed by atoms with Crippen LogP contribution in [-0.4, -0.2) is 44.9 Å². The highest BCUT2D eigenvalue weighted by Gasteiger charge is 2.18. The molecule has 1 amide bonds. The van der Waals surface area contributed by atoms with Gasteiger partial charge in [0.1, 0.15) is 13.2 Å². The van der Waals surface area contributed by atoms with Crippen LogP contribution in [0.4, 0.5) is 5.69 Å². The lowest BCUT2D eigenvalue weighted by atomic mass is 10.2. The van der Waals surface area contributed by atoms with Crippen LogP contribution in [0.2, 0.25) is 0 Å². The molecule has 1 aromatic rings. The molecule has 116 valence electrons. The lowest BCUT2D eigenvalue weighted by Crippen LogP contribution is -2.43. The molecule has 0 aliphatic carbocycles. The Bertz CT molecular complexity index is 492. The van der Waals surface area contributed by atoms with Crippen molar-refractivity contribution in [3.63, 3.8) is 0 Å². The van der Waals surface area contributed by atoms with E-state index in [1.807, 2.05) is 12.1 Å². The molecule has 3 rings (SSSR count). The minimum atomic E-state index is -0.0373. The maximum Gasteiger partial charge on any atom is 0.226 e. The minimum Gasteiger partial charge on any atom is -0.486 e. The van der Waals surface area contributed by atoms with E-state index in [9.17, 15) is 4.79 Å². The van der Waals surface area contributed by atoms with E-state index >= 15 is 0 Å². The zero-order valence-corrected chi connectivity index (χ0v) is 12.4. The second kappa shape index (κ2) is 7.49. The molecule has 2 aliphatic heterocycles. The topological polar surface area (TPSA) is 68.8 Å². The number of hydrogen-bond donors (Lipinski definition) is 2. The fourth-order valence-electron chi connectivity index (χ4n) is 2.31. The van der Waals surface area contributed by atoms with Crippen molar-refractivity contribution in [3.8, 4) is 11.5 Å². The molecule has 1 saturated heterocycles. The normalized spacial score (nSPS) is 20.3. The first-order chi connectivity index (χ1) is 9.81. The average Bonchev–Trinajstić information content (AvgIpc) is 2.48. The highest BCUT2D eigenvalue weighted by molar-refractivity contribution is 5.91. The van der Waals surface area contributed by atoms with Crippen LogP contribution in [-0.2, 0) is 9.53 Å². The van der Waals surface area contributed by atoms with Gasteiger partial charge >= 0.3 is 0 Å². The van der Waals surface area contributed by atoms with Gasteiger partial charge in [0.15, 0.2) is 11.5 Å². The number of nitrogens with one attached hydrogen (secondary N) is 2. The van der Waals surface area contributed by atoms with Crippen molar-refractivity contribution < 1.29 is 19.0 Å². The number of anilines is 1. The Kier molecular flexibility index (Phi) is 5.67. The number of carbonyl (C=O) groups excluding carboxylic acids is 1. The number of rotatable bonds is 3. The van der Waals surface area contributed by atoms with Crippen molar-refractivity contribution in [1.82, 2.24) is 5.32 Å². The third kappa shape index (κ3) is 4.23. The summed E-state index contributed by atoms with van der Waals surface area (Å²) in [6, 6.07) is 5.50. The smallest absolute Gasteiger partial charge is 0.226 e. The maximum atomic E-state index is 12.0. The van der Waals surface area contributed by atoms with Gasteiger partial charge in [0.25, 0.3) is 0 Å². The molecule has 2 aliphatic rings. The van der Waals surface area contributed by atoms with Crippen molar-refractivity contribution in [2.75, 3.05) is 38.3 Å². The van der Waals surface area contributed by atoms with Crippen molar-refractivity contribution in [1.29, 1.82) is 0 Å². The molecule has 6 nitrogen and oxygen atoms in total. The quantitative estimate of drug-likeness (QED) is 0.877. The van der Waals surface area contributed by atoms with E-state index in [2.05, 4.69) is 10.6 Å². The number of halogens is 1. The van der Waals surface area contributed by atoms with E-state index in [4.69, 9.17) is 14.2 Å². The van der Waals surface area contributed by atoms with Crippen LogP contribution in [0, 0.1) is 0 Å². The fraction of sp³-hybridized carbons (Fsp3) is 0.500. The lowest BCUT2D eigenvalue weighted by Gasteiger charge is -2.23. The van der Waals surface area contributed by atoms with E-state index in [-0.39, 0.29) is 24.4 Å². The molecule has 0 spiro atoms. The van der Waals surface area contributed by atoms with Gasteiger partial charge in [-0.15, -0.1) is 12.4 Å². The van der Waals surface area contributed by atoms with Crippen LogP contribution >= 0.6 is 12.4 Å². The molecule has 2 heterocycles. The molecule has 7 heteroatoms. The van der Waals surface area contributed by atoms with Crippen LogP contribution < -0.4 is 20.1 Å². The molecule has 0 aromatic heterocycles. The molecule has 0 saturated carbocycles. The van der Waals surface area contributed by atoms with Gasteiger partial charge in [-0.25, -0.2) is 0 Å². The Labute approximate surface area is 129 Å². The van der Waals surface area contributed by atoms with Gasteiger partial charge in [0, 0.05) is 30.8 Å². The predicted molar refractivity (Wildman–Crippen MR) is 80.5 cm³/mol. The summed E-state index contributed by atoms with van der Waals surface area (Å²) in [5.74, 6) is 1.36. The maximum absolute atomic E-state index is 12.0. The number of benzene rings is 1. The second-order valence-electron chi connectivity index (χ2n) is 4.84. The molecule has 0 bridgehead atoms. The van der Waals surface area contributed by atoms with Gasteiger partial charge in [-0.05, 0) is 12.1 Å². The van der Waals surface area contributed by atoms with Gasteiger partial charge in [-0.2, -0.15) is 0 Å². The second-order valence-corrected chi connectivity index (χ2v) is 4.84. The van der Waals surface area contributed by atoms with Crippen LogP contribution in [0.5, 0.6) is 11.5 Å². The van der Waals surface area contributed by atoms with E-state index in [1.165, 1.54) is 0 Å². The summed E-state index contributed by atoms with van der Waals surface area (Å²) in [6.45, 7) is 3.18. The standard InChI is InChI=1S/C14H18N2O4.ClH/c17-14(8-11-9-18-4-3-15-11)16-10-1-2-12-13(7-10)20-6-5-19-12;/h1-2,7,11,15H,3-6,8-9H2,(H,16,17);1H. The SMILES string of the molecule is Cl.O=C(CC1COCCN1)Nc1ccc2c(c1)OCCO2. The fourth-order valence-corrected chi connectivity index (χ4v) is 2.31. The molecular formula is C14H19ClN2O4. The van der Waals surface area contributed by atoms with Crippen molar-refractivity contribution in [2.24, 2.45) is 0 Å². The summed E-state index contributed by atoms with van der Waals surface area (Å²) < 4.78 is 16.3. The molecule has 1 fully saturated rings. The summed E-state index contributed by atoms with van der Waals surface area (Å²) in [5, 5.41) is 6.12. The van der Waals surface area contributed by atoms with E-state index in [0.717, 1.165) is 18.0 Å². The Morgan fingerprint density at radius 1 is 1.24 bits per heavy atom. The first kappa shape index (κ1) is 15.9. The number of hydrogen-bond acceptors (Lipinski definition) is 5. The number of morpholine rings is 1. The average molecular weight is 315 g/mol. The highest BCUT2D eigenvalue weighted by Crippen LogP contribution is 2.32. The van der Waals surface area contributed by atoms with Gasteiger partial charge < -0.3 is 24.8 Å². The highest BCUT2D eigenvalue weighted by atomic mass is 35.5. The summed E-state index contributed by atoms with van der Waals surface area (Å²) >= 11 is 0. The Morgan fingerprint density at radius 3 is 2.81 bits per heavy atom. The molecule has 0 radical (unpaired) electrons. The van der Waals surface area contributed by atoms with Crippen LogP contribution in [0.1, 0.15) is 6.42 Å². The van der Waals surface area contributed by atoms with Gasteiger partial charge in [-0.3, -0.25) is 4.79 Å². The Hall–Kier alpha value is -1.50. The Morgan fingerprint density at radius 2 is 2.05 bits per heavy atom. The first-order valence-electron chi connectivity index (χ1n) is 6.82. The zero-order valence-electron chi connectivity index (χ0n) is 11.6. The van der Waals surface area contributed by atoms with E-state index < -0.39 is 0 Å². The summed E-state index contributed by atoms with van der Waals surface area (Å²) in [7, 11) is 0. The van der Waals surface area contributed by atoms with Gasteiger partial charge in [0.05, 0.1) is 13.2 Å². The third-order valence-corrected chi connectivity index (χ3v) is 3.26. The minimum absolute atomic E-state index is 0. The van der Waals surface area contributed by atoms with Gasteiger partial charge in [-0.1, -0.05) is 0 Å². The van der Waals surface area contributed by atoms with Crippen molar-refractivity contribution >= 4 is 24.0 Å². The van der Waals surface area contributed by atoms with Crippen LogP contribution in [0.3, 0.4) is 0 Å². The van der Waals surface area contributed by atoms with E-state index in [1.54, 1.807) is 6.07 Å².